The van der Waals surface area contributed by atoms with E-state index >= 15 is 0 Å². The molecule has 8 nitrogen and oxygen atoms in total. The molecule has 5 aliphatic rings. The zero-order valence-corrected chi connectivity index (χ0v) is 16.1. The maximum atomic E-state index is 13.2. The smallest absolute Gasteiger partial charge is 0.262 e. The van der Waals surface area contributed by atoms with E-state index in [0.717, 1.165) is 36.5 Å². The van der Waals surface area contributed by atoms with Gasteiger partial charge in [0.25, 0.3) is 11.8 Å². The first-order valence-corrected chi connectivity index (χ1v) is 10.3. The highest BCUT2D eigenvalue weighted by atomic mass is 16.2. The number of nitrogens with zero attached hydrogens (tertiary/aromatic N) is 2. The number of hydrogen-bond donors (Lipinski definition) is 2. The van der Waals surface area contributed by atoms with Crippen LogP contribution in [0.2, 0.25) is 0 Å². The van der Waals surface area contributed by atoms with Crippen molar-refractivity contribution in [3.63, 3.8) is 0 Å². The van der Waals surface area contributed by atoms with Crippen LogP contribution in [0.15, 0.2) is 18.2 Å². The molecule has 3 atom stereocenters. The Hall–Kier alpha value is -2.58. The van der Waals surface area contributed by atoms with Crippen molar-refractivity contribution in [1.29, 1.82) is 0 Å². The number of hydrogen-bond acceptors (Lipinski definition) is 6. The van der Waals surface area contributed by atoms with Crippen LogP contribution in [0.1, 0.15) is 52.0 Å². The molecule has 0 radical (unpaired) electrons. The van der Waals surface area contributed by atoms with Crippen LogP contribution in [0.5, 0.6) is 0 Å². The molecule has 0 spiro atoms. The van der Waals surface area contributed by atoms with Crippen molar-refractivity contribution >= 4 is 23.6 Å². The standard InChI is InChI=1S/C21H24N4O4/c26-17-7-6-16(19(27)23-17)25-20(28)15-3-1-2-13(18(15)21(25)29)11-24-10-12-4-5-14(24)9-22-8-12/h1-3,12,14,16,22H,4-11H2,(H,23,26,27). The highest BCUT2D eigenvalue weighted by Crippen LogP contribution is 2.32. The fourth-order valence-corrected chi connectivity index (χ4v) is 5.16. The summed E-state index contributed by atoms with van der Waals surface area (Å²) in [5.41, 5.74) is 1.61. The largest absolute Gasteiger partial charge is 0.315 e. The van der Waals surface area contributed by atoms with E-state index < -0.39 is 23.8 Å². The summed E-state index contributed by atoms with van der Waals surface area (Å²) in [6.07, 6.45) is 2.66. The minimum atomic E-state index is -0.925. The Bertz CT molecular complexity index is 910. The third kappa shape index (κ3) is 3.07. The molecule has 0 aromatic heterocycles. The zero-order chi connectivity index (χ0) is 20.1. The van der Waals surface area contributed by atoms with Crippen molar-refractivity contribution in [3.05, 3.63) is 34.9 Å². The summed E-state index contributed by atoms with van der Waals surface area (Å²) in [4.78, 5) is 53.4. The second-order valence-corrected chi connectivity index (χ2v) is 8.47. The van der Waals surface area contributed by atoms with Crippen LogP contribution < -0.4 is 10.6 Å². The fraction of sp³-hybridized carbons (Fsp3) is 0.524. The average molecular weight is 396 g/mol. The first-order valence-electron chi connectivity index (χ1n) is 10.3. The lowest BCUT2D eigenvalue weighted by atomic mass is 9.93. The van der Waals surface area contributed by atoms with Gasteiger partial charge in [0.05, 0.1) is 11.1 Å². The van der Waals surface area contributed by atoms with Gasteiger partial charge >= 0.3 is 0 Å². The van der Waals surface area contributed by atoms with Gasteiger partial charge in [-0.15, -0.1) is 0 Å². The van der Waals surface area contributed by atoms with Gasteiger partial charge in [0.15, 0.2) is 0 Å². The third-order valence-corrected chi connectivity index (χ3v) is 6.66. The molecule has 2 N–H and O–H groups in total. The van der Waals surface area contributed by atoms with Crippen LogP contribution in [0, 0.1) is 5.92 Å². The number of imide groups is 2. The Morgan fingerprint density at radius 1 is 1.00 bits per heavy atom. The minimum Gasteiger partial charge on any atom is -0.315 e. The van der Waals surface area contributed by atoms with Gasteiger partial charge in [-0.3, -0.25) is 34.3 Å². The summed E-state index contributed by atoms with van der Waals surface area (Å²) in [5.74, 6) is -1.20. The lowest BCUT2D eigenvalue weighted by molar-refractivity contribution is -0.136. The van der Waals surface area contributed by atoms with Crippen molar-refractivity contribution in [2.45, 2.75) is 44.3 Å². The molecule has 2 bridgehead atoms. The first kappa shape index (κ1) is 18.4. The van der Waals surface area contributed by atoms with Crippen molar-refractivity contribution in [2.24, 2.45) is 5.92 Å². The van der Waals surface area contributed by atoms with E-state index in [2.05, 4.69) is 15.5 Å². The third-order valence-electron chi connectivity index (χ3n) is 6.66. The van der Waals surface area contributed by atoms with Crippen molar-refractivity contribution in [1.82, 2.24) is 20.4 Å². The summed E-state index contributed by atoms with van der Waals surface area (Å²) >= 11 is 0. The Labute approximate surface area is 168 Å². The Kier molecular flexibility index (Phi) is 4.48. The molecule has 4 saturated heterocycles. The summed E-state index contributed by atoms with van der Waals surface area (Å²) < 4.78 is 0. The summed E-state index contributed by atoms with van der Waals surface area (Å²) in [7, 11) is 0. The lowest BCUT2D eigenvalue weighted by Crippen LogP contribution is -2.54. The number of carbonyl (C=O) groups is 4. The molecular formula is C21H24N4O4. The molecule has 3 unspecified atom stereocenters. The minimum absolute atomic E-state index is 0.126. The topological polar surface area (TPSA) is 98.8 Å². The molecule has 0 aliphatic carbocycles. The predicted molar refractivity (Wildman–Crippen MR) is 103 cm³/mol. The quantitative estimate of drug-likeness (QED) is 0.712. The second kappa shape index (κ2) is 7.03. The maximum absolute atomic E-state index is 13.2. The number of piperidine rings is 2. The monoisotopic (exact) mass is 396 g/mol. The molecule has 4 fully saturated rings. The fourth-order valence-electron chi connectivity index (χ4n) is 5.16. The molecule has 5 heterocycles. The molecule has 1 aromatic rings. The van der Waals surface area contributed by atoms with Crippen LogP contribution in [0.4, 0.5) is 0 Å². The van der Waals surface area contributed by atoms with Gasteiger partial charge in [0.2, 0.25) is 11.8 Å². The number of rotatable bonds is 3. The summed E-state index contributed by atoms with van der Waals surface area (Å²) in [6, 6.07) is 4.88. The SMILES string of the molecule is O=C1CCC(N2C(=O)c3cccc(CN4CC5CCC4CNC5)c3C2=O)C(=O)N1. The van der Waals surface area contributed by atoms with E-state index in [1.807, 2.05) is 12.1 Å². The van der Waals surface area contributed by atoms with Crippen molar-refractivity contribution in [2.75, 3.05) is 19.6 Å². The number of fused-ring (bicyclic) bond motifs is 5. The van der Waals surface area contributed by atoms with Crippen LogP contribution in [-0.2, 0) is 16.1 Å². The van der Waals surface area contributed by atoms with Gasteiger partial charge in [-0.25, -0.2) is 0 Å². The summed E-state index contributed by atoms with van der Waals surface area (Å²) in [5, 5.41) is 5.75. The van der Waals surface area contributed by atoms with E-state index in [1.165, 1.54) is 6.42 Å². The number of nitrogens with one attached hydrogen (secondary N) is 2. The second-order valence-electron chi connectivity index (χ2n) is 8.47. The van der Waals surface area contributed by atoms with Crippen molar-refractivity contribution in [3.8, 4) is 0 Å². The normalized spacial score (nSPS) is 29.8. The zero-order valence-electron chi connectivity index (χ0n) is 16.1. The molecule has 8 heteroatoms. The number of amides is 4. The average Bonchev–Trinajstić information content (AvgIpc) is 2.91. The van der Waals surface area contributed by atoms with Crippen molar-refractivity contribution < 1.29 is 19.2 Å². The molecule has 0 saturated carbocycles. The Balaban J connectivity index is 1.43. The van der Waals surface area contributed by atoms with Crippen LogP contribution in [0.3, 0.4) is 0 Å². The highest BCUT2D eigenvalue weighted by molar-refractivity contribution is 6.24. The Morgan fingerprint density at radius 2 is 1.86 bits per heavy atom. The van der Waals surface area contributed by atoms with Gasteiger partial charge < -0.3 is 5.32 Å². The van der Waals surface area contributed by atoms with Gasteiger partial charge in [0.1, 0.15) is 6.04 Å². The summed E-state index contributed by atoms with van der Waals surface area (Å²) in [6.45, 7) is 3.58. The van der Waals surface area contributed by atoms with Crippen LogP contribution >= 0.6 is 0 Å². The van der Waals surface area contributed by atoms with E-state index in [9.17, 15) is 19.2 Å². The molecule has 4 amide bonds. The molecule has 1 aromatic carbocycles. The van der Waals surface area contributed by atoms with E-state index in [0.29, 0.717) is 29.6 Å². The van der Waals surface area contributed by atoms with Crippen LogP contribution in [0.25, 0.3) is 0 Å². The lowest BCUT2D eigenvalue weighted by Gasteiger charge is -2.36. The number of carbonyl (C=O) groups excluding carboxylic acids is 4. The number of benzene rings is 1. The predicted octanol–water partition coefficient (Wildman–Crippen LogP) is 0.272. The molecule has 6 rings (SSSR count). The first-order chi connectivity index (χ1) is 14.0. The van der Waals surface area contributed by atoms with Crippen LogP contribution in [-0.4, -0.2) is 65.1 Å². The molecule has 152 valence electrons. The maximum Gasteiger partial charge on any atom is 0.262 e. The van der Waals surface area contributed by atoms with Gasteiger partial charge in [-0.05, 0) is 43.4 Å². The highest BCUT2D eigenvalue weighted by Gasteiger charge is 2.45. The van der Waals surface area contributed by atoms with E-state index in [4.69, 9.17) is 0 Å². The van der Waals surface area contributed by atoms with Gasteiger partial charge in [0, 0.05) is 32.1 Å². The van der Waals surface area contributed by atoms with Gasteiger partial charge in [-0.1, -0.05) is 12.1 Å². The molecule has 5 aliphatic heterocycles. The molecule has 29 heavy (non-hydrogen) atoms. The van der Waals surface area contributed by atoms with Gasteiger partial charge in [-0.2, -0.15) is 0 Å². The van der Waals surface area contributed by atoms with E-state index in [-0.39, 0.29) is 18.7 Å². The Morgan fingerprint density at radius 3 is 2.69 bits per heavy atom. The van der Waals surface area contributed by atoms with E-state index in [1.54, 1.807) is 6.07 Å². The molecular weight excluding hydrogens is 372 g/mol.